The summed E-state index contributed by atoms with van der Waals surface area (Å²) in [4.78, 5) is 48.4. The number of carboxylic acids is 1. The molecule has 1 fully saturated rings. The van der Waals surface area contributed by atoms with E-state index in [0.29, 0.717) is 31.4 Å². The van der Waals surface area contributed by atoms with Crippen molar-refractivity contribution in [3.8, 4) is 0 Å². The third-order valence-electron chi connectivity index (χ3n) is 4.45. The zero-order valence-corrected chi connectivity index (χ0v) is 13.1. The average Bonchev–Trinajstić information content (AvgIpc) is 2.75. The van der Waals surface area contributed by atoms with Crippen molar-refractivity contribution >= 4 is 23.7 Å². The van der Waals surface area contributed by atoms with Crippen molar-refractivity contribution in [2.45, 2.75) is 44.7 Å². The summed E-state index contributed by atoms with van der Waals surface area (Å²) in [6.07, 6.45) is 1.74. The number of amides is 3. The number of fused-ring (bicyclic) bond motifs is 1. The van der Waals surface area contributed by atoms with Crippen molar-refractivity contribution in [3.05, 3.63) is 34.9 Å². The number of rotatable bonds is 4. The van der Waals surface area contributed by atoms with Gasteiger partial charge in [-0.2, -0.15) is 0 Å². The van der Waals surface area contributed by atoms with E-state index in [-0.39, 0.29) is 24.7 Å². The second kappa shape index (κ2) is 6.43. The standard InChI is InChI=1S/C17H18N2O5/c20-14-3-1-2-13(16(23)18-14)19-9-11-8-10(5-7-15(21)22)4-6-12(11)17(19)24/h4,6,8,13H,1-3,5,7,9H2,(H,21,22)(H,18,20,23). The van der Waals surface area contributed by atoms with Crippen LogP contribution in [0.15, 0.2) is 18.2 Å². The fourth-order valence-corrected chi connectivity index (χ4v) is 3.22. The number of nitrogens with one attached hydrogen (secondary N) is 1. The van der Waals surface area contributed by atoms with Crippen LogP contribution in [0.4, 0.5) is 0 Å². The molecule has 1 aromatic rings. The van der Waals surface area contributed by atoms with E-state index >= 15 is 0 Å². The minimum absolute atomic E-state index is 0.0313. The zero-order chi connectivity index (χ0) is 17.3. The molecule has 0 aliphatic carbocycles. The summed E-state index contributed by atoms with van der Waals surface area (Å²) in [7, 11) is 0. The molecule has 1 atom stereocenters. The molecule has 1 unspecified atom stereocenters. The first kappa shape index (κ1) is 16.2. The summed E-state index contributed by atoms with van der Waals surface area (Å²) < 4.78 is 0. The summed E-state index contributed by atoms with van der Waals surface area (Å²) >= 11 is 0. The Kier molecular flexibility index (Phi) is 4.33. The molecule has 0 saturated carbocycles. The van der Waals surface area contributed by atoms with Crippen molar-refractivity contribution in [3.63, 3.8) is 0 Å². The Hall–Kier alpha value is -2.70. The van der Waals surface area contributed by atoms with Crippen molar-refractivity contribution < 1.29 is 24.3 Å². The number of benzene rings is 1. The Labute approximate surface area is 138 Å². The van der Waals surface area contributed by atoms with Crippen LogP contribution in [0.5, 0.6) is 0 Å². The van der Waals surface area contributed by atoms with Gasteiger partial charge in [-0.15, -0.1) is 0 Å². The quantitative estimate of drug-likeness (QED) is 0.797. The molecule has 1 saturated heterocycles. The summed E-state index contributed by atoms with van der Waals surface area (Å²) in [6.45, 7) is 0.307. The van der Waals surface area contributed by atoms with Gasteiger partial charge in [0.25, 0.3) is 5.91 Å². The molecule has 0 aromatic heterocycles. The first-order valence-electron chi connectivity index (χ1n) is 7.94. The van der Waals surface area contributed by atoms with Gasteiger partial charge >= 0.3 is 5.97 Å². The Morgan fingerprint density at radius 1 is 1.29 bits per heavy atom. The predicted molar refractivity (Wildman–Crippen MR) is 83.1 cm³/mol. The third kappa shape index (κ3) is 3.15. The minimum Gasteiger partial charge on any atom is -0.481 e. The Bertz CT molecular complexity index is 728. The number of hydrogen-bond donors (Lipinski definition) is 2. The molecule has 1 aromatic carbocycles. The van der Waals surface area contributed by atoms with E-state index in [1.54, 1.807) is 12.1 Å². The van der Waals surface area contributed by atoms with Crippen molar-refractivity contribution in [2.75, 3.05) is 0 Å². The molecule has 2 N–H and O–H groups in total. The molecule has 24 heavy (non-hydrogen) atoms. The number of carbonyl (C=O) groups is 4. The molecule has 2 aliphatic heterocycles. The van der Waals surface area contributed by atoms with Crippen LogP contribution in [-0.2, 0) is 27.3 Å². The van der Waals surface area contributed by atoms with Gasteiger partial charge in [0.1, 0.15) is 6.04 Å². The number of aliphatic carboxylic acids is 1. The van der Waals surface area contributed by atoms with Gasteiger partial charge in [-0.25, -0.2) is 0 Å². The first-order valence-corrected chi connectivity index (χ1v) is 7.94. The maximum atomic E-state index is 12.6. The second-order valence-electron chi connectivity index (χ2n) is 6.14. The largest absolute Gasteiger partial charge is 0.481 e. The number of carbonyl (C=O) groups excluding carboxylic acids is 3. The van der Waals surface area contributed by atoms with Crippen LogP contribution in [0.25, 0.3) is 0 Å². The van der Waals surface area contributed by atoms with Crippen LogP contribution >= 0.6 is 0 Å². The normalized spacial score (nSPS) is 20.6. The SMILES string of the molecule is O=C(O)CCc1ccc2c(c1)CN(C1CCCC(=O)NC1=O)C2=O. The fraction of sp³-hybridized carbons (Fsp3) is 0.412. The van der Waals surface area contributed by atoms with Crippen LogP contribution in [0.1, 0.15) is 47.2 Å². The molecular weight excluding hydrogens is 312 g/mol. The molecule has 3 rings (SSSR count). The summed E-state index contributed by atoms with van der Waals surface area (Å²) in [5.41, 5.74) is 2.19. The van der Waals surface area contributed by atoms with E-state index in [1.165, 1.54) is 4.90 Å². The molecule has 0 radical (unpaired) electrons. The van der Waals surface area contributed by atoms with Crippen LogP contribution in [0.3, 0.4) is 0 Å². The Morgan fingerprint density at radius 2 is 2.08 bits per heavy atom. The fourth-order valence-electron chi connectivity index (χ4n) is 3.22. The smallest absolute Gasteiger partial charge is 0.303 e. The van der Waals surface area contributed by atoms with Gasteiger partial charge in [0.05, 0.1) is 0 Å². The van der Waals surface area contributed by atoms with Crippen LogP contribution < -0.4 is 5.32 Å². The maximum absolute atomic E-state index is 12.6. The van der Waals surface area contributed by atoms with Gasteiger partial charge in [-0.05, 0) is 36.5 Å². The van der Waals surface area contributed by atoms with Crippen molar-refractivity contribution in [1.82, 2.24) is 10.2 Å². The monoisotopic (exact) mass is 330 g/mol. The zero-order valence-electron chi connectivity index (χ0n) is 13.1. The van der Waals surface area contributed by atoms with E-state index in [4.69, 9.17) is 5.11 Å². The van der Waals surface area contributed by atoms with Gasteiger partial charge in [0.15, 0.2) is 0 Å². The highest BCUT2D eigenvalue weighted by Crippen LogP contribution is 2.28. The van der Waals surface area contributed by atoms with E-state index in [9.17, 15) is 19.2 Å². The number of aryl methyl sites for hydroxylation is 1. The molecule has 0 spiro atoms. The highest BCUT2D eigenvalue weighted by molar-refractivity contribution is 6.04. The third-order valence-corrected chi connectivity index (χ3v) is 4.45. The lowest BCUT2D eigenvalue weighted by atomic mass is 10.0. The molecule has 2 aliphatic rings. The molecule has 126 valence electrons. The molecular formula is C17H18N2O5. The van der Waals surface area contributed by atoms with Crippen LogP contribution in [0, 0.1) is 0 Å². The van der Waals surface area contributed by atoms with Gasteiger partial charge in [-0.1, -0.05) is 12.1 Å². The predicted octanol–water partition coefficient (Wildman–Crippen LogP) is 0.855. The maximum Gasteiger partial charge on any atom is 0.303 e. The lowest BCUT2D eigenvalue weighted by molar-refractivity contribution is -0.137. The van der Waals surface area contributed by atoms with E-state index in [2.05, 4.69) is 5.32 Å². The van der Waals surface area contributed by atoms with E-state index < -0.39 is 17.9 Å². The van der Waals surface area contributed by atoms with Gasteiger partial charge in [-0.3, -0.25) is 24.5 Å². The lowest BCUT2D eigenvalue weighted by Gasteiger charge is -2.24. The van der Waals surface area contributed by atoms with E-state index in [1.807, 2.05) is 6.07 Å². The number of hydrogen-bond acceptors (Lipinski definition) is 4. The first-order chi connectivity index (χ1) is 11.5. The number of carboxylic acid groups (broad SMARTS) is 1. The molecule has 2 heterocycles. The molecule has 3 amide bonds. The number of imide groups is 1. The van der Waals surface area contributed by atoms with Crippen molar-refractivity contribution in [1.29, 1.82) is 0 Å². The van der Waals surface area contributed by atoms with Crippen LogP contribution in [-0.4, -0.2) is 39.7 Å². The second-order valence-corrected chi connectivity index (χ2v) is 6.14. The molecule has 0 bridgehead atoms. The van der Waals surface area contributed by atoms with Crippen LogP contribution in [0.2, 0.25) is 0 Å². The average molecular weight is 330 g/mol. The highest BCUT2D eigenvalue weighted by Gasteiger charge is 2.37. The van der Waals surface area contributed by atoms with Gasteiger partial charge in [0, 0.05) is 24.9 Å². The van der Waals surface area contributed by atoms with Crippen molar-refractivity contribution in [2.24, 2.45) is 0 Å². The molecule has 7 nitrogen and oxygen atoms in total. The Balaban J connectivity index is 1.78. The number of nitrogens with zero attached hydrogens (tertiary/aromatic N) is 1. The Morgan fingerprint density at radius 3 is 2.83 bits per heavy atom. The summed E-state index contributed by atoms with van der Waals surface area (Å²) in [6, 6.07) is 4.63. The summed E-state index contributed by atoms with van der Waals surface area (Å²) in [5.74, 6) is -1.82. The summed E-state index contributed by atoms with van der Waals surface area (Å²) in [5, 5.41) is 11.1. The lowest BCUT2D eigenvalue weighted by Crippen LogP contribution is -2.46. The van der Waals surface area contributed by atoms with E-state index in [0.717, 1.165) is 11.1 Å². The van der Waals surface area contributed by atoms with Gasteiger partial charge in [0.2, 0.25) is 11.8 Å². The topological polar surface area (TPSA) is 104 Å². The highest BCUT2D eigenvalue weighted by atomic mass is 16.4. The molecule has 7 heteroatoms. The minimum atomic E-state index is -0.868. The van der Waals surface area contributed by atoms with Gasteiger partial charge < -0.3 is 10.0 Å².